The number of methoxy groups -OCH3 is 1. The monoisotopic (exact) mass is 571 g/mol. The van der Waals surface area contributed by atoms with Gasteiger partial charge < -0.3 is 15.4 Å². The van der Waals surface area contributed by atoms with Crippen LogP contribution in [0.2, 0.25) is 0 Å². The number of benzene rings is 4. The number of carbonyl (C=O) groups excluding carboxylic acids is 2. The molecule has 0 atom stereocenters. The number of nitrogens with one attached hydrogen (secondary N) is 2. The summed E-state index contributed by atoms with van der Waals surface area (Å²) in [4.78, 5) is 26.6. The Morgan fingerprint density at radius 2 is 1.41 bits per heavy atom. The lowest BCUT2D eigenvalue weighted by atomic mass is 10.1. The highest BCUT2D eigenvalue weighted by atomic mass is 32.2. The quantitative estimate of drug-likeness (QED) is 0.207. The van der Waals surface area contributed by atoms with Crippen molar-refractivity contribution in [2.75, 3.05) is 23.3 Å². The fourth-order valence-corrected chi connectivity index (χ4v) is 5.73. The molecule has 4 aromatic rings. The lowest BCUT2D eigenvalue weighted by Crippen LogP contribution is -2.32. The largest absolute Gasteiger partial charge is 0.497 e. The number of sulfonamides is 1. The minimum atomic E-state index is -4.11. The molecule has 0 bridgehead atoms. The molecule has 0 spiro atoms. The first-order valence-electron chi connectivity index (χ1n) is 13.3. The van der Waals surface area contributed by atoms with Gasteiger partial charge in [-0.25, -0.2) is 8.42 Å². The van der Waals surface area contributed by atoms with Crippen molar-refractivity contribution in [1.29, 1.82) is 0 Å². The first kappa shape index (κ1) is 29.4. The van der Waals surface area contributed by atoms with E-state index in [4.69, 9.17) is 4.74 Å². The van der Waals surface area contributed by atoms with Gasteiger partial charge in [0, 0.05) is 6.54 Å². The summed E-state index contributed by atoms with van der Waals surface area (Å²) in [6.07, 6.45) is 1.78. The van der Waals surface area contributed by atoms with Gasteiger partial charge in [0.2, 0.25) is 0 Å². The van der Waals surface area contributed by atoms with Crippen LogP contribution in [0, 0.1) is 0 Å². The summed E-state index contributed by atoms with van der Waals surface area (Å²) in [5, 5.41) is 5.70. The number of rotatable bonds is 12. The number of carbonyl (C=O) groups is 2. The number of unbranched alkanes of at least 4 members (excludes halogenated alkanes) is 1. The van der Waals surface area contributed by atoms with Crippen molar-refractivity contribution in [3.8, 4) is 5.75 Å². The first-order valence-corrected chi connectivity index (χ1v) is 14.8. The Morgan fingerprint density at radius 3 is 2.10 bits per heavy atom. The van der Waals surface area contributed by atoms with E-state index in [1.165, 1.54) is 23.5 Å². The van der Waals surface area contributed by atoms with Gasteiger partial charge in [-0.05, 0) is 60.5 Å². The number of ether oxygens (including phenoxy) is 1. The van der Waals surface area contributed by atoms with Crippen molar-refractivity contribution in [3.63, 3.8) is 0 Å². The van der Waals surface area contributed by atoms with E-state index < -0.39 is 15.9 Å². The average molecular weight is 572 g/mol. The van der Waals surface area contributed by atoms with Gasteiger partial charge in [0.25, 0.3) is 21.8 Å². The second kappa shape index (κ2) is 13.6. The van der Waals surface area contributed by atoms with Crippen LogP contribution in [0.15, 0.2) is 108 Å². The zero-order valence-corrected chi connectivity index (χ0v) is 23.9. The van der Waals surface area contributed by atoms with Gasteiger partial charge in [-0.15, -0.1) is 0 Å². The zero-order chi connectivity index (χ0) is 29.2. The Balaban J connectivity index is 1.72. The Hall–Kier alpha value is -4.63. The van der Waals surface area contributed by atoms with Crippen LogP contribution in [0.4, 0.5) is 11.4 Å². The third-order valence-corrected chi connectivity index (χ3v) is 8.24. The Kier molecular flexibility index (Phi) is 9.76. The van der Waals surface area contributed by atoms with E-state index in [1.54, 1.807) is 60.7 Å². The molecule has 0 heterocycles. The molecule has 41 heavy (non-hydrogen) atoms. The van der Waals surface area contributed by atoms with Gasteiger partial charge in [0.15, 0.2) is 0 Å². The summed E-state index contributed by atoms with van der Waals surface area (Å²) in [6.45, 7) is 2.56. The Bertz CT molecular complexity index is 1590. The van der Waals surface area contributed by atoms with Crippen molar-refractivity contribution in [1.82, 2.24) is 5.32 Å². The maximum atomic E-state index is 14.0. The van der Waals surface area contributed by atoms with Crippen LogP contribution in [-0.4, -0.2) is 33.9 Å². The van der Waals surface area contributed by atoms with Gasteiger partial charge in [-0.3, -0.25) is 13.9 Å². The van der Waals surface area contributed by atoms with Crippen molar-refractivity contribution < 1.29 is 22.7 Å². The molecule has 0 radical (unpaired) electrons. The molecule has 0 aliphatic rings. The van der Waals surface area contributed by atoms with Gasteiger partial charge in [0.1, 0.15) is 5.75 Å². The molecule has 0 saturated heterocycles. The Labute approximate surface area is 241 Å². The lowest BCUT2D eigenvalue weighted by Gasteiger charge is -2.27. The van der Waals surface area contributed by atoms with Crippen LogP contribution in [0.25, 0.3) is 0 Å². The molecule has 9 heteroatoms. The molecule has 0 aromatic heterocycles. The zero-order valence-electron chi connectivity index (χ0n) is 23.0. The molecular weight excluding hydrogens is 538 g/mol. The summed E-state index contributed by atoms with van der Waals surface area (Å²) < 4.78 is 34.5. The third kappa shape index (κ3) is 7.12. The number of hydrogen-bond acceptors (Lipinski definition) is 5. The highest BCUT2D eigenvalue weighted by molar-refractivity contribution is 7.92. The summed E-state index contributed by atoms with van der Waals surface area (Å²) in [5.41, 5.74) is 1.74. The van der Waals surface area contributed by atoms with E-state index in [0.717, 1.165) is 18.4 Å². The molecule has 0 fully saturated rings. The summed E-state index contributed by atoms with van der Waals surface area (Å²) >= 11 is 0. The SMILES string of the molecule is CCCCNC(=O)c1ccccc1NC(=O)c1ccccc1N(Cc1ccccc1)S(=O)(=O)c1ccc(OC)cc1. The number of nitrogens with zero attached hydrogens (tertiary/aromatic N) is 1. The Morgan fingerprint density at radius 1 is 0.780 bits per heavy atom. The fraction of sp³-hybridized carbons (Fsp3) is 0.188. The highest BCUT2D eigenvalue weighted by Gasteiger charge is 2.29. The van der Waals surface area contributed by atoms with Gasteiger partial charge in [-0.1, -0.05) is 67.9 Å². The standard InChI is InChI=1S/C32H33N3O5S/c1-3-4-22-33-31(36)27-14-8-10-16-29(27)34-32(37)28-15-9-11-17-30(28)35(23-24-12-6-5-7-13-24)41(38,39)26-20-18-25(40-2)19-21-26/h5-21H,3-4,22-23H2,1-2H3,(H,33,36)(H,34,37). The molecule has 2 amide bonds. The van der Waals surface area contributed by atoms with E-state index in [9.17, 15) is 18.0 Å². The molecule has 4 rings (SSSR count). The van der Waals surface area contributed by atoms with Crippen LogP contribution in [0.5, 0.6) is 5.75 Å². The van der Waals surface area contributed by atoms with Crippen molar-refractivity contribution in [2.24, 2.45) is 0 Å². The maximum Gasteiger partial charge on any atom is 0.264 e. The van der Waals surface area contributed by atoms with E-state index >= 15 is 0 Å². The third-order valence-electron chi connectivity index (χ3n) is 6.47. The molecule has 0 aliphatic carbocycles. The van der Waals surface area contributed by atoms with Crippen LogP contribution in [-0.2, 0) is 16.6 Å². The highest BCUT2D eigenvalue weighted by Crippen LogP contribution is 2.31. The van der Waals surface area contributed by atoms with Crippen LogP contribution in [0.3, 0.4) is 0 Å². The second-order valence-electron chi connectivity index (χ2n) is 9.30. The molecule has 8 nitrogen and oxygen atoms in total. The molecule has 0 saturated carbocycles. The van der Waals surface area contributed by atoms with Crippen LogP contribution >= 0.6 is 0 Å². The van der Waals surface area contributed by atoms with Crippen LogP contribution < -0.4 is 19.7 Å². The summed E-state index contributed by atoms with van der Waals surface area (Å²) in [7, 11) is -2.60. The van der Waals surface area contributed by atoms with Crippen molar-refractivity contribution in [2.45, 2.75) is 31.2 Å². The summed E-state index contributed by atoms with van der Waals surface area (Å²) in [6, 6.07) is 28.5. The number of para-hydroxylation sites is 2. The average Bonchev–Trinajstić information content (AvgIpc) is 3.00. The topological polar surface area (TPSA) is 105 Å². The maximum absolute atomic E-state index is 14.0. The molecule has 212 valence electrons. The predicted octanol–water partition coefficient (Wildman–Crippen LogP) is 5.87. The summed E-state index contributed by atoms with van der Waals surface area (Å²) in [5.74, 6) is -0.316. The molecule has 0 unspecified atom stereocenters. The molecule has 2 N–H and O–H groups in total. The van der Waals surface area contributed by atoms with Crippen LogP contribution in [0.1, 0.15) is 46.0 Å². The molecular formula is C32H33N3O5S. The van der Waals surface area contributed by atoms with Gasteiger partial charge in [0.05, 0.1) is 41.1 Å². The smallest absolute Gasteiger partial charge is 0.264 e. The molecule has 4 aromatic carbocycles. The molecule has 0 aliphatic heterocycles. The normalized spacial score (nSPS) is 11.0. The fourth-order valence-electron chi connectivity index (χ4n) is 4.26. The van der Waals surface area contributed by atoms with E-state index in [2.05, 4.69) is 10.6 Å². The van der Waals surface area contributed by atoms with E-state index in [1.807, 2.05) is 37.3 Å². The van der Waals surface area contributed by atoms with E-state index in [-0.39, 0.29) is 28.6 Å². The van der Waals surface area contributed by atoms with Crippen molar-refractivity contribution in [3.05, 3.63) is 120 Å². The van der Waals surface area contributed by atoms with Gasteiger partial charge >= 0.3 is 0 Å². The second-order valence-corrected chi connectivity index (χ2v) is 11.2. The number of anilines is 2. The number of amides is 2. The predicted molar refractivity (Wildman–Crippen MR) is 161 cm³/mol. The van der Waals surface area contributed by atoms with Gasteiger partial charge in [-0.2, -0.15) is 0 Å². The minimum Gasteiger partial charge on any atom is -0.497 e. The van der Waals surface area contributed by atoms with Crippen molar-refractivity contribution >= 4 is 33.2 Å². The van der Waals surface area contributed by atoms with E-state index in [0.29, 0.717) is 23.5 Å². The number of hydrogen-bond donors (Lipinski definition) is 2. The minimum absolute atomic E-state index is 0.00405. The first-order chi connectivity index (χ1) is 19.8. The lowest BCUT2D eigenvalue weighted by molar-refractivity contribution is 0.0954.